The highest BCUT2D eigenvalue weighted by Crippen LogP contribution is 2.42. The summed E-state index contributed by atoms with van der Waals surface area (Å²) < 4.78 is 0. The topological polar surface area (TPSA) is 12.9 Å². The number of aromatic nitrogens is 1. The van der Waals surface area contributed by atoms with E-state index >= 15 is 0 Å². The van der Waals surface area contributed by atoms with Crippen molar-refractivity contribution in [1.29, 1.82) is 0 Å². The average Bonchev–Trinajstić information content (AvgIpc) is 2.85. The second kappa shape index (κ2) is 5.61. The van der Waals surface area contributed by atoms with Gasteiger partial charge in [0.2, 0.25) is 0 Å². The van der Waals surface area contributed by atoms with Crippen LogP contribution in [0.15, 0.2) is 54.9 Å². The predicted octanol–water partition coefficient (Wildman–Crippen LogP) is 5.07. The van der Waals surface area contributed by atoms with Crippen LogP contribution in [-0.2, 0) is 6.42 Å². The number of benzene rings is 1. The molecule has 1 aliphatic carbocycles. The van der Waals surface area contributed by atoms with E-state index in [1.165, 1.54) is 16.7 Å². The van der Waals surface area contributed by atoms with E-state index in [9.17, 15) is 0 Å². The van der Waals surface area contributed by atoms with E-state index in [2.05, 4.69) is 61.0 Å². The van der Waals surface area contributed by atoms with Crippen LogP contribution in [0.1, 0.15) is 28.7 Å². The van der Waals surface area contributed by atoms with E-state index < -0.39 is 8.07 Å². The lowest BCUT2D eigenvalue weighted by atomic mass is 10.0. The summed E-state index contributed by atoms with van der Waals surface area (Å²) in [5.74, 6) is 0. The Morgan fingerprint density at radius 1 is 1.00 bits per heavy atom. The molecule has 0 amide bonds. The fraction of sp³-hybridized carbons (Fsp3) is 0.316. The molecule has 21 heavy (non-hydrogen) atoms. The lowest BCUT2D eigenvalue weighted by Crippen LogP contribution is -2.28. The maximum atomic E-state index is 4.22. The van der Waals surface area contributed by atoms with Crippen molar-refractivity contribution < 1.29 is 0 Å². The summed E-state index contributed by atoms with van der Waals surface area (Å²) in [6, 6.07) is 13.2. The first-order valence-electron chi connectivity index (χ1n) is 7.74. The van der Waals surface area contributed by atoms with Gasteiger partial charge in [-0.05, 0) is 46.7 Å². The van der Waals surface area contributed by atoms with E-state index in [1.807, 2.05) is 18.5 Å². The summed E-state index contributed by atoms with van der Waals surface area (Å²) in [6.07, 6.45) is 8.57. The van der Waals surface area contributed by atoms with E-state index in [4.69, 9.17) is 0 Å². The molecule has 1 aromatic heterocycles. The first-order valence-corrected chi connectivity index (χ1v) is 11.3. The number of aryl methyl sites for hydroxylation is 1. The molecule has 0 radical (unpaired) electrons. The van der Waals surface area contributed by atoms with Gasteiger partial charge in [0.25, 0.3) is 0 Å². The summed E-state index contributed by atoms with van der Waals surface area (Å²) in [5.41, 5.74) is 6.55. The van der Waals surface area contributed by atoms with Crippen molar-refractivity contribution in [3.63, 3.8) is 0 Å². The molecule has 0 aliphatic heterocycles. The van der Waals surface area contributed by atoms with Gasteiger partial charge in [0.15, 0.2) is 0 Å². The molecule has 1 atom stereocenters. The van der Waals surface area contributed by atoms with Crippen LogP contribution in [0.25, 0.3) is 5.57 Å². The molecule has 0 saturated carbocycles. The van der Waals surface area contributed by atoms with Crippen molar-refractivity contribution in [2.75, 3.05) is 0 Å². The van der Waals surface area contributed by atoms with Gasteiger partial charge >= 0.3 is 0 Å². The van der Waals surface area contributed by atoms with Gasteiger partial charge in [-0.15, -0.1) is 0 Å². The molecular formula is C19H23NSi. The Morgan fingerprint density at radius 3 is 2.52 bits per heavy atom. The van der Waals surface area contributed by atoms with Gasteiger partial charge in [-0.2, -0.15) is 0 Å². The molecule has 0 N–H and O–H groups in total. The zero-order chi connectivity index (χ0) is 14.9. The standard InChI is InChI=1S/C19H23NSi/c1-21(2,3)19-13-16(17-8-4-5-9-18(17)19)11-10-15-7-6-12-20-14-15/h4-9,12-14,19H,10-11H2,1-3H3. The van der Waals surface area contributed by atoms with E-state index in [1.54, 1.807) is 5.56 Å². The Labute approximate surface area is 128 Å². The van der Waals surface area contributed by atoms with Crippen molar-refractivity contribution >= 4 is 13.6 Å². The van der Waals surface area contributed by atoms with Crippen LogP contribution in [-0.4, -0.2) is 13.1 Å². The Kier molecular flexibility index (Phi) is 3.81. The molecule has 0 spiro atoms. The predicted molar refractivity (Wildman–Crippen MR) is 93.1 cm³/mol. The van der Waals surface area contributed by atoms with Gasteiger partial charge in [-0.1, -0.05) is 56.0 Å². The summed E-state index contributed by atoms with van der Waals surface area (Å²) in [4.78, 5) is 4.22. The van der Waals surface area contributed by atoms with Crippen LogP contribution in [0.2, 0.25) is 19.6 Å². The van der Waals surface area contributed by atoms with Crippen molar-refractivity contribution in [1.82, 2.24) is 4.98 Å². The highest BCUT2D eigenvalue weighted by atomic mass is 28.3. The van der Waals surface area contributed by atoms with Crippen LogP contribution < -0.4 is 0 Å². The van der Waals surface area contributed by atoms with E-state index in [0.717, 1.165) is 12.8 Å². The highest BCUT2D eigenvalue weighted by Gasteiger charge is 2.32. The third kappa shape index (κ3) is 3.00. The molecular weight excluding hydrogens is 270 g/mol. The summed E-state index contributed by atoms with van der Waals surface area (Å²) in [6.45, 7) is 7.40. The van der Waals surface area contributed by atoms with Gasteiger partial charge in [-0.3, -0.25) is 4.98 Å². The number of allylic oxidation sites excluding steroid dienone is 2. The number of hydrogen-bond acceptors (Lipinski definition) is 1. The number of nitrogens with zero attached hydrogens (tertiary/aromatic N) is 1. The molecule has 108 valence electrons. The Hall–Kier alpha value is -1.67. The molecule has 3 rings (SSSR count). The van der Waals surface area contributed by atoms with Gasteiger partial charge in [-0.25, -0.2) is 0 Å². The van der Waals surface area contributed by atoms with Crippen LogP contribution >= 0.6 is 0 Å². The summed E-state index contributed by atoms with van der Waals surface area (Å²) in [5, 5.41) is 0. The molecule has 1 aliphatic rings. The van der Waals surface area contributed by atoms with Gasteiger partial charge < -0.3 is 0 Å². The first kappa shape index (κ1) is 14.3. The highest BCUT2D eigenvalue weighted by molar-refractivity contribution is 6.78. The zero-order valence-electron chi connectivity index (χ0n) is 13.1. The van der Waals surface area contributed by atoms with Gasteiger partial charge in [0.1, 0.15) is 0 Å². The van der Waals surface area contributed by atoms with Crippen molar-refractivity contribution in [3.8, 4) is 0 Å². The quantitative estimate of drug-likeness (QED) is 0.717. The average molecular weight is 293 g/mol. The third-order valence-corrected chi connectivity index (χ3v) is 6.69. The lowest BCUT2D eigenvalue weighted by Gasteiger charge is -2.24. The van der Waals surface area contributed by atoms with Crippen molar-refractivity contribution in [2.24, 2.45) is 0 Å². The maximum Gasteiger partial charge on any atom is 0.0566 e. The van der Waals surface area contributed by atoms with Crippen molar-refractivity contribution in [3.05, 3.63) is 71.6 Å². The normalized spacial score (nSPS) is 17.5. The van der Waals surface area contributed by atoms with Gasteiger partial charge in [0.05, 0.1) is 8.07 Å². The molecule has 0 saturated heterocycles. The molecule has 0 fully saturated rings. The molecule has 1 nitrogen and oxygen atoms in total. The van der Waals surface area contributed by atoms with Crippen LogP contribution in [0.3, 0.4) is 0 Å². The fourth-order valence-corrected chi connectivity index (χ4v) is 5.09. The summed E-state index contributed by atoms with van der Waals surface area (Å²) >= 11 is 0. The number of fused-ring (bicyclic) bond motifs is 1. The van der Waals surface area contributed by atoms with E-state index in [0.29, 0.717) is 5.54 Å². The van der Waals surface area contributed by atoms with Crippen LogP contribution in [0.5, 0.6) is 0 Å². The minimum atomic E-state index is -1.21. The van der Waals surface area contributed by atoms with Gasteiger partial charge in [0, 0.05) is 12.4 Å². The fourth-order valence-electron chi connectivity index (χ4n) is 3.20. The Bertz CT molecular complexity index is 653. The second-order valence-corrected chi connectivity index (χ2v) is 12.3. The minimum absolute atomic E-state index is 0.664. The molecule has 1 heterocycles. The molecule has 0 bridgehead atoms. The lowest BCUT2D eigenvalue weighted by molar-refractivity contribution is 1.00. The number of pyridine rings is 1. The second-order valence-electron chi connectivity index (χ2n) is 6.98. The largest absolute Gasteiger partial charge is 0.264 e. The molecule has 1 aromatic carbocycles. The molecule has 1 unspecified atom stereocenters. The zero-order valence-corrected chi connectivity index (χ0v) is 14.1. The summed E-state index contributed by atoms with van der Waals surface area (Å²) in [7, 11) is -1.21. The molecule has 2 aromatic rings. The smallest absolute Gasteiger partial charge is 0.0566 e. The third-order valence-electron chi connectivity index (χ3n) is 4.35. The van der Waals surface area contributed by atoms with Crippen LogP contribution in [0, 0.1) is 0 Å². The monoisotopic (exact) mass is 293 g/mol. The minimum Gasteiger partial charge on any atom is -0.264 e. The first-order chi connectivity index (χ1) is 10.1. The van der Waals surface area contributed by atoms with Crippen molar-refractivity contribution in [2.45, 2.75) is 38.0 Å². The van der Waals surface area contributed by atoms with Crippen LogP contribution in [0.4, 0.5) is 0 Å². The Morgan fingerprint density at radius 2 is 1.81 bits per heavy atom. The Balaban J connectivity index is 1.85. The maximum absolute atomic E-state index is 4.22. The SMILES string of the molecule is C[Si](C)(C)C1C=C(CCc2cccnc2)c2ccccc21. The molecule has 2 heteroatoms. The number of hydrogen-bond donors (Lipinski definition) is 0. The van der Waals surface area contributed by atoms with E-state index in [-0.39, 0.29) is 0 Å². The number of rotatable bonds is 4.